The summed E-state index contributed by atoms with van der Waals surface area (Å²) in [5.41, 5.74) is 5.99. The van der Waals surface area contributed by atoms with E-state index >= 15 is 0 Å². The summed E-state index contributed by atoms with van der Waals surface area (Å²) < 4.78 is 31.9. The molecule has 9 heteroatoms. The molecule has 3 N–H and O–H groups in total. The molecular formula is C12H19N3O4S2. The topological polar surface area (TPSA) is 102 Å². The highest BCUT2D eigenvalue weighted by atomic mass is 32.2. The summed E-state index contributed by atoms with van der Waals surface area (Å²) in [6.07, 6.45) is 0.785. The van der Waals surface area contributed by atoms with E-state index in [1.54, 1.807) is 5.38 Å². The molecule has 0 bridgehead atoms. The Morgan fingerprint density at radius 1 is 1.62 bits per heavy atom. The summed E-state index contributed by atoms with van der Waals surface area (Å²) in [5.74, 6) is -0.329. The molecule has 0 spiro atoms. The summed E-state index contributed by atoms with van der Waals surface area (Å²) in [4.78, 5) is 12.1. The summed E-state index contributed by atoms with van der Waals surface area (Å²) in [5, 5.41) is 4.28. The first-order valence-corrected chi connectivity index (χ1v) is 9.00. The third-order valence-corrected chi connectivity index (χ3v) is 6.43. The Hall–Kier alpha value is -1.16. The van der Waals surface area contributed by atoms with Crippen molar-refractivity contribution in [3.63, 3.8) is 0 Å². The molecule has 1 saturated heterocycles. The highest BCUT2D eigenvalue weighted by molar-refractivity contribution is 7.91. The standard InChI is InChI=1S/C12H19N3O4S2/c1-2-3-14-12(16)10-7-19-5-4-15(10)21(17,18)11-6-9(13)8-20-11/h6,8,10H,2-5,7,13H2,1H3,(H,14,16). The van der Waals surface area contributed by atoms with Gasteiger partial charge in [0.2, 0.25) is 5.91 Å². The molecule has 0 aromatic carbocycles. The molecule has 2 rings (SSSR count). The lowest BCUT2D eigenvalue weighted by atomic mass is 10.2. The molecule has 1 aliphatic rings. The number of ether oxygens (including phenoxy) is 1. The van der Waals surface area contributed by atoms with Crippen LogP contribution >= 0.6 is 11.3 Å². The van der Waals surface area contributed by atoms with Crippen LogP contribution in [0.1, 0.15) is 13.3 Å². The molecule has 21 heavy (non-hydrogen) atoms. The highest BCUT2D eigenvalue weighted by Gasteiger charge is 2.38. The van der Waals surface area contributed by atoms with Gasteiger partial charge in [0.1, 0.15) is 10.3 Å². The zero-order valence-corrected chi connectivity index (χ0v) is 13.4. The lowest BCUT2D eigenvalue weighted by molar-refractivity contribution is -0.129. The van der Waals surface area contributed by atoms with Gasteiger partial charge in [-0.15, -0.1) is 11.3 Å². The Morgan fingerprint density at radius 2 is 2.38 bits per heavy atom. The zero-order valence-electron chi connectivity index (χ0n) is 11.7. The molecule has 1 fully saturated rings. The first-order chi connectivity index (χ1) is 9.96. The van der Waals surface area contributed by atoms with Gasteiger partial charge < -0.3 is 15.8 Å². The van der Waals surface area contributed by atoms with Gasteiger partial charge in [-0.25, -0.2) is 8.42 Å². The van der Waals surface area contributed by atoms with Crippen LogP contribution in [-0.2, 0) is 19.6 Å². The van der Waals surface area contributed by atoms with E-state index in [1.165, 1.54) is 10.4 Å². The van der Waals surface area contributed by atoms with E-state index in [0.29, 0.717) is 12.2 Å². The number of morpholine rings is 1. The van der Waals surface area contributed by atoms with Gasteiger partial charge in [0, 0.05) is 24.2 Å². The summed E-state index contributed by atoms with van der Waals surface area (Å²) in [7, 11) is -3.73. The summed E-state index contributed by atoms with van der Waals surface area (Å²) in [6.45, 7) is 2.94. The third kappa shape index (κ3) is 3.54. The van der Waals surface area contributed by atoms with Crippen LogP contribution in [0.5, 0.6) is 0 Å². The first-order valence-electron chi connectivity index (χ1n) is 6.68. The lowest BCUT2D eigenvalue weighted by Crippen LogP contribution is -2.55. The van der Waals surface area contributed by atoms with Crippen LogP contribution in [0.25, 0.3) is 0 Å². The monoisotopic (exact) mass is 333 g/mol. The Balaban J connectivity index is 2.23. The van der Waals surface area contributed by atoms with E-state index in [4.69, 9.17) is 10.5 Å². The summed E-state index contributed by atoms with van der Waals surface area (Å²) in [6, 6.07) is 0.579. The van der Waals surface area contributed by atoms with Gasteiger partial charge in [-0.2, -0.15) is 4.31 Å². The number of nitrogens with two attached hydrogens (primary N) is 1. The molecule has 1 aromatic rings. The number of anilines is 1. The van der Waals surface area contributed by atoms with Crippen molar-refractivity contribution in [3.05, 3.63) is 11.4 Å². The number of amides is 1. The van der Waals surface area contributed by atoms with Gasteiger partial charge in [0.15, 0.2) is 0 Å². The molecule has 1 aliphatic heterocycles. The minimum absolute atomic E-state index is 0.0651. The molecule has 1 atom stereocenters. The number of thiophene rings is 1. The average molecular weight is 333 g/mol. The molecule has 0 radical (unpaired) electrons. The molecule has 1 amide bonds. The molecule has 2 heterocycles. The number of hydrogen-bond acceptors (Lipinski definition) is 6. The van der Waals surface area contributed by atoms with Crippen LogP contribution in [0.3, 0.4) is 0 Å². The number of hydrogen-bond donors (Lipinski definition) is 2. The van der Waals surface area contributed by atoms with Crippen LogP contribution in [0, 0.1) is 0 Å². The quantitative estimate of drug-likeness (QED) is 0.804. The highest BCUT2D eigenvalue weighted by Crippen LogP contribution is 2.27. The van der Waals surface area contributed by atoms with Crippen molar-refractivity contribution in [2.75, 3.05) is 32.0 Å². The van der Waals surface area contributed by atoms with Crippen molar-refractivity contribution in [1.29, 1.82) is 0 Å². The van der Waals surface area contributed by atoms with Gasteiger partial charge >= 0.3 is 0 Å². The largest absolute Gasteiger partial charge is 0.398 e. The van der Waals surface area contributed by atoms with E-state index in [2.05, 4.69) is 5.32 Å². The molecule has 0 aliphatic carbocycles. The first kappa shape index (κ1) is 16.2. The van der Waals surface area contributed by atoms with Gasteiger partial charge in [0.25, 0.3) is 10.0 Å². The van der Waals surface area contributed by atoms with E-state index in [-0.39, 0.29) is 29.9 Å². The maximum Gasteiger partial charge on any atom is 0.253 e. The Morgan fingerprint density at radius 3 is 3.00 bits per heavy atom. The molecular weight excluding hydrogens is 314 g/mol. The van der Waals surface area contributed by atoms with Gasteiger partial charge in [-0.3, -0.25) is 4.79 Å². The fraction of sp³-hybridized carbons (Fsp3) is 0.583. The number of nitrogen functional groups attached to an aromatic ring is 1. The zero-order chi connectivity index (χ0) is 15.5. The fourth-order valence-corrected chi connectivity index (χ4v) is 4.79. The predicted octanol–water partition coefficient (Wildman–Crippen LogP) is 0.246. The maximum atomic E-state index is 12.6. The second kappa shape index (κ2) is 6.73. The second-order valence-electron chi connectivity index (χ2n) is 4.70. The molecule has 7 nitrogen and oxygen atoms in total. The SMILES string of the molecule is CCCNC(=O)C1COCCN1S(=O)(=O)c1cc(N)cs1. The van der Waals surface area contributed by atoms with Crippen LogP contribution in [0.4, 0.5) is 5.69 Å². The van der Waals surface area contributed by atoms with Crippen molar-refractivity contribution in [2.24, 2.45) is 0 Å². The van der Waals surface area contributed by atoms with Crippen molar-refractivity contribution < 1.29 is 17.9 Å². The van der Waals surface area contributed by atoms with Crippen molar-refractivity contribution in [3.8, 4) is 0 Å². The van der Waals surface area contributed by atoms with Crippen molar-refractivity contribution >= 4 is 33.0 Å². The van der Waals surface area contributed by atoms with Crippen molar-refractivity contribution in [1.82, 2.24) is 9.62 Å². The van der Waals surface area contributed by atoms with E-state index in [0.717, 1.165) is 17.8 Å². The average Bonchev–Trinajstić information content (AvgIpc) is 2.92. The van der Waals surface area contributed by atoms with Gasteiger partial charge in [-0.05, 0) is 12.5 Å². The third-order valence-electron chi connectivity index (χ3n) is 3.09. The minimum atomic E-state index is -3.73. The van der Waals surface area contributed by atoms with Crippen LogP contribution in [0.2, 0.25) is 0 Å². The predicted molar refractivity (Wildman–Crippen MR) is 80.5 cm³/mol. The minimum Gasteiger partial charge on any atom is -0.398 e. The fourth-order valence-electron chi connectivity index (χ4n) is 2.03. The maximum absolute atomic E-state index is 12.6. The Bertz CT molecular complexity index is 599. The Labute approximate surface area is 128 Å². The van der Waals surface area contributed by atoms with Crippen LogP contribution in [0.15, 0.2) is 15.7 Å². The second-order valence-corrected chi connectivity index (χ2v) is 7.73. The van der Waals surface area contributed by atoms with E-state index < -0.39 is 16.1 Å². The Kier molecular flexibility index (Phi) is 5.20. The lowest BCUT2D eigenvalue weighted by Gasteiger charge is -2.33. The molecule has 0 saturated carbocycles. The number of nitrogens with one attached hydrogen (secondary N) is 1. The number of carbonyl (C=O) groups excluding carboxylic acids is 1. The van der Waals surface area contributed by atoms with Gasteiger partial charge in [0.05, 0.1) is 13.2 Å². The number of rotatable bonds is 5. The van der Waals surface area contributed by atoms with Crippen LogP contribution < -0.4 is 11.1 Å². The van der Waals surface area contributed by atoms with Gasteiger partial charge in [-0.1, -0.05) is 6.92 Å². The van der Waals surface area contributed by atoms with E-state index in [1.807, 2.05) is 6.92 Å². The molecule has 118 valence electrons. The van der Waals surface area contributed by atoms with E-state index in [9.17, 15) is 13.2 Å². The number of nitrogens with zero attached hydrogens (tertiary/aromatic N) is 1. The van der Waals surface area contributed by atoms with Crippen molar-refractivity contribution in [2.45, 2.75) is 23.6 Å². The number of sulfonamides is 1. The van der Waals surface area contributed by atoms with Crippen LogP contribution in [-0.4, -0.2) is 51.0 Å². The normalized spacial score (nSPS) is 20.3. The number of carbonyl (C=O) groups is 1. The molecule has 1 aromatic heterocycles. The molecule has 1 unspecified atom stereocenters. The summed E-state index contributed by atoms with van der Waals surface area (Å²) >= 11 is 1.05. The smallest absolute Gasteiger partial charge is 0.253 e.